The third kappa shape index (κ3) is 4.80. The molecule has 2 heterocycles. The summed E-state index contributed by atoms with van der Waals surface area (Å²) in [6, 6.07) is 12.0. The highest BCUT2D eigenvalue weighted by molar-refractivity contribution is 7.89. The molecule has 172 valence electrons. The number of benzene rings is 2. The lowest BCUT2D eigenvalue weighted by Crippen LogP contribution is -2.48. The Bertz CT molecular complexity index is 1120. The van der Waals surface area contributed by atoms with Gasteiger partial charge in [0, 0.05) is 30.1 Å². The Kier molecular flexibility index (Phi) is 6.27. The van der Waals surface area contributed by atoms with E-state index in [0.29, 0.717) is 30.8 Å². The molecule has 0 aliphatic carbocycles. The maximum atomic E-state index is 13.2. The van der Waals surface area contributed by atoms with Crippen LogP contribution in [0.5, 0.6) is 5.75 Å². The minimum Gasteiger partial charge on any atom is -0.487 e. The smallest absolute Gasteiger partial charge is 0.243 e. The number of amides is 1. The first-order valence-corrected chi connectivity index (χ1v) is 12.7. The zero-order valence-corrected chi connectivity index (χ0v) is 20.2. The maximum absolute atomic E-state index is 13.2. The first kappa shape index (κ1) is 23.1. The third-order valence-electron chi connectivity index (χ3n) is 6.15. The van der Waals surface area contributed by atoms with Crippen LogP contribution in [0.3, 0.4) is 0 Å². The number of nitrogens with one attached hydrogen (secondary N) is 1. The van der Waals surface area contributed by atoms with Crippen LogP contribution in [-0.2, 0) is 14.8 Å². The Morgan fingerprint density at radius 2 is 1.91 bits per heavy atom. The molecule has 0 bridgehead atoms. The predicted molar refractivity (Wildman–Crippen MR) is 124 cm³/mol. The van der Waals surface area contributed by atoms with Crippen molar-refractivity contribution in [2.45, 2.75) is 56.6 Å². The van der Waals surface area contributed by atoms with Crippen molar-refractivity contribution in [3.8, 4) is 5.75 Å². The van der Waals surface area contributed by atoms with Gasteiger partial charge in [-0.25, -0.2) is 8.42 Å². The van der Waals surface area contributed by atoms with E-state index in [4.69, 9.17) is 16.3 Å². The van der Waals surface area contributed by atoms with E-state index in [-0.39, 0.29) is 23.4 Å². The van der Waals surface area contributed by atoms with E-state index < -0.39 is 21.5 Å². The second kappa shape index (κ2) is 8.69. The number of sulfonamides is 1. The molecule has 0 radical (unpaired) electrons. The Morgan fingerprint density at radius 3 is 2.62 bits per heavy atom. The SMILES string of the molecule is Cc1ccc2c(c1)OC(C)(C)CC2NC(=O)C1CCCN(S(=O)(=O)c2ccc(Cl)cc2)C1. The second-order valence-corrected chi connectivity index (χ2v) is 11.7. The van der Waals surface area contributed by atoms with E-state index in [1.54, 1.807) is 12.1 Å². The van der Waals surface area contributed by atoms with Gasteiger partial charge in [-0.1, -0.05) is 23.7 Å². The van der Waals surface area contributed by atoms with Crippen LogP contribution < -0.4 is 10.1 Å². The van der Waals surface area contributed by atoms with Gasteiger partial charge in [-0.15, -0.1) is 0 Å². The van der Waals surface area contributed by atoms with E-state index in [1.807, 2.05) is 39.0 Å². The fraction of sp³-hybridized carbons (Fsp3) is 0.458. The number of halogens is 1. The van der Waals surface area contributed by atoms with Crippen LogP contribution in [-0.4, -0.2) is 37.3 Å². The molecule has 2 aliphatic rings. The van der Waals surface area contributed by atoms with Crippen LogP contribution in [0, 0.1) is 12.8 Å². The summed E-state index contributed by atoms with van der Waals surface area (Å²) in [6.07, 6.45) is 1.94. The molecular weight excluding hydrogens is 448 g/mol. The van der Waals surface area contributed by atoms with E-state index >= 15 is 0 Å². The molecule has 0 aromatic heterocycles. The number of aryl methyl sites for hydroxylation is 1. The van der Waals surface area contributed by atoms with Crippen molar-refractivity contribution < 1.29 is 17.9 Å². The molecule has 1 N–H and O–H groups in total. The zero-order chi connectivity index (χ0) is 23.1. The average molecular weight is 477 g/mol. The predicted octanol–water partition coefficient (Wildman–Crippen LogP) is 4.47. The molecule has 1 fully saturated rings. The minimum atomic E-state index is -3.68. The van der Waals surface area contributed by atoms with E-state index in [0.717, 1.165) is 16.9 Å². The van der Waals surface area contributed by atoms with Crippen molar-refractivity contribution in [3.05, 3.63) is 58.6 Å². The van der Waals surface area contributed by atoms with Gasteiger partial charge in [-0.2, -0.15) is 4.31 Å². The third-order valence-corrected chi connectivity index (χ3v) is 8.28. The van der Waals surface area contributed by atoms with Crippen molar-refractivity contribution in [2.24, 2.45) is 5.92 Å². The Hall–Kier alpha value is -2.09. The number of carbonyl (C=O) groups excluding carboxylic acids is 1. The van der Waals surface area contributed by atoms with Gasteiger partial charge < -0.3 is 10.1 Å². The molecule has 2 aromatic rings. The molecule has 0 spiro atoms. The van der Waals surface area contributed by atoms with Crippen molar-refractivity contribution in [2.75, 3.05) is 13.1 Å². The first-order chi connectivity index (χ1) is 15.0. The number of rotatable bonds is 4. The molecule has 0 saturated carbocycles. The quantitative estimate of drug-likeness (QED) is 0.706. The Morgan fingerprint density at radius 1 is 1.19 bits per heavy atom. The summed E-state index contributed by atoms with van der Waals surface area (Å²) < 4.78 is 33.7. The molecule has 32 heavy (non-hydrogen) atoms. The molecule has 2 aromatic carbocycles. The van der Waals surface area contributed by atoms with Crippen LogP contribution in [0.1, 0.15) is 50.3 Å². The normalized spacial score (nSPS) is 23.1. The Balaban J connectivity index is 1.50. The largest absolute Gasteiger partial charge is 0.487 e. The van der Waals surface area contributed by atoms with Crippen LogP contribution in [0.4, 0.5) is 0 Å². The van der Waals surface area contributed by atoms with Gasteiger partial charge in [0.15, 0.2) is 0 Å². The molecule has 2 unspecified atom stereocenters. The standard InChI is InChI=1S/C24H29ClN2O4S/c1-16-6-11-20-21(14-24(2,3)31-22(20)13-16)26-23(28)17-5-4-12-27(15-17)32(29,30)19-9-7-18(25)8-10-19/h6-11,13,17,21H,4-5,12,14-15H2,1-3H3,(H,26,28). The highest BCUT2D eigenvalue weighted by Gasteiger charge is 2.38. The molecule has 2 atom stereocenters. The number of carbonyl (C=O) groups is 1. The fourth-order valence-corrected chi connectivity index (χ4v) is 6.16. The molecule has 1 amide bonds. The minimum absolute atomic E-state index is 0.116. The number of hydrogen-bond donors (Lipinski definition) is 1. The lowest BCUT2D eigenvalue weighted by Gasteiger charge is -2.39. The maximum Gasteiger partial charge on any atom is 0.243 e. The lowest BCUT2D eigenvalue weighted by atomic mass is 9.88. The molecule has 2 aliphatic heterocycles. The van der Waals surface area contributed by atoms with E-state index in [1.165, 1.54) is 16.4 Å². The topological polar surface area (TPSA) is 75.7 Å². The van der Waals surface area contributed by atoms with Gasteiger partial charge in [0.05, 0.1) is 16.9 Å². The summed E-state index contributed by atoms with van der Waals surface area (Å²) >= 11 is 5.90. The highest BCUT2D eigenvalue weighted by atomic mass is 35.5. The highest BCUT2D eigenvalue weighted by Crippen LogP contribution is 2.40. The van der Waals surface area contributed by atoms with Crippen LogP contribution >= 0.6 is 11.6 Å². The number of hydrogen-bond acceptors (Lipinski definition) is 4. The van der Waals surface area contributed by atoms with Crippen molar-refractivity contribution in [1.82, 2.24) is 9.62 Å². The molecule has 4 rings (SSSR count). The monoisotopic (exact) mass is 476 g/mol. The number of fused-ring (bicyclic) bond motifs is 1. The lowest BCUT2D eigenvalue weighted by molar-refractivity contribution is -0.127. The van der Waals surface area contributed by atoms with Gasteiger partial charge in [0.25, 0.3) is 0 Å². The van der Waals surface area contributed by atoms with Crippen molar-refractivity contribution in [3.63, 3.8) is 0 Å². The van der Waals surface area contributed by atoms with E-state index in [2.05, 4.69) is 5.32 Å². The zero-order valence-electron chi connectivity index (χ0n) is 18.6. The van der Waals surface area contributed by atoms with Gasteiger partial charge in [0.1, 0.15) is 11.4 Å². The summed E-state index contributed by atoms with van der Waals surface area (Å²) in [5.41, 5.74) is 1.65. The average Bonchev–Trinajstić information content (AvgIpc) is 2.73. The molecule has 1 saturated heterocycles. The second-order valence-electron chi connectivity index (χ2n) is 9.32. The summed E-state index contributed by atoms with van der Waals surface area (Å²) in [7, 11) is -3.68. The first-order valence-electron chi connectivity index (χ1n) is 10.9. The van der Waals surface area contributed by atoms with Crippen molar-refractivity contribution in [1.29, 1.82) is 0 Å². The summed E-state index contributed by atoms with van der Waals surface area (Å²) in [5, 5.41) is 3.66. The Labute approximate surface area is 195 Å². The fourth-order valence-electron chi connectivity index (χ4n) is 4.51. The van der Waals surface area contributed by atoms with Crippen LogP contribution in [0.2, 0.25) is 5.02 Å². The number of ether oxygens (including phenoxy) is 1. The molecule has 8 heteroatoms. The molecule has 6 nitrogen and oxygen atoms in total. The van der Waals surface area contributed by atoms with E-state index in [9.17, 15) is 13.2 Å². The van der Waals surface area contributed by atoms with Gasteiger partial charge in [-0.05, 0) is 69.5 Å². The summed E-state index contributed by atoms with van der Waals surface area (Å²) in [6.45, 7) is 6.61. The van der Waals surface area contributed by atoms with Gasteiger partial charge in [0.2, 0.25) is 15.9 Å². The number of piperidine rings is 1. The van der Waals surface area contributed by atoms with Crippen LogP contribution in [0.15, 0.2) is 47.4 Å². The molecular formula is C24H29ClN2O4S. The van der Waals surface area contributed by atoms with Gasteiger partial charge >= 0.3 is 0 Å². The number of nitrogens with zero attached hydrogens (tertiary/aromatic N) is 1. The van der Waals surface area contributed by atoms with Crippen molar-refractivity contribution >= 4 is 27.5 Å². The summed E-state index contributed by atoms with van der Waals surface area (Å²) in [5.74, 6) is 0.281. The van der Waals surface area contributed by atoms with Gasteiger partial charge in [-0.3, -0.25) is 4.79 Å². The summed E-state index contributed by atoms with van der Waals surface area (Å²) in [4.78, 5) is 13.4. The van der Waals surface area contributed by atoms with Crippen LogP contribution in [0.25, 0.3) is 0 Å².